The number of hydrogen-bond acceptors (Lipinski definition) is 5. The Labute approximate surface area is 174 Å². The van der Waals surface area contributed by atoms with Gasteiger partial charge in [0, 0.05) is 30.9 Å². The van der Waals surface area contributed by atoms with Crippen molar-refractivity contribution >= 4 is 34.6 Å². The van der Waals surface area contributed by atoms with Crippen molar-refractivity contribution in [1.82, 2.24) is 4.90 Å². The Kier molecular flexibility index (Phi) is 6.06. The maximum absolute atomic E-state index is 13.4. The summed E-state index contributed by atoms with van der Waals surface area (Å²) in [4.78, 5) is 28.8. The van der Waals surface area contributed by atoms with Gasteiger partial charge in [-0.15, -0.1) is 11.3 Å². The number of anilines is 1. The van der Waals surface area contributed by atoms with Gasteiger partial charge in [0.2, 0.25) is 5.91 Å². The molecule has 29 heavy (non-hydrogen) atoms. The van der Waals surface area contributed by atoms with Gasteiger partial charge in [0.15, 0.2) is 0 Å². The van der Waals surface area contributed by atoms with Gasteiger partial charge in [-0.05, 0) is 48.9 Å². The first-order valence-corrected chi connectivity index (χ1v) is 10.9. The third-order valence-corrected chi connectivity index (χ3v) is 6.05. The SMILES string of the molecule is Cc1cccc(N2N=C(C(=O)N(Cc3cccs3)CC3CCCO3)CCC2=O)c1. The van der Waals surface area contributed by atoms with Crippen molar-refractivity contribution in [2.75, 3.05) is 18.2 Å². The molecule has 4 rings (SSSR count). The highest BCUT2D eigenvalue weighted by Crippen LogP contribution is 2.23. The van der Waals surface area contributed by atoms with Crippen molar-refractivity contribution < 1.29 is 14.3 Å². The molecular formula is C22H25N3O3S. The Bertz CT molecular complexity index is 904. The van der Waals surface area contributed by atoms with Gasteiger partial charge < -0.3 is 9.64 Å². The third kappa shape index (κ3) is 4.74. The average Bonchev–Trinajstić information content (AvgIpc) is 3.41. The van der Waals surface area contributed by atoms with Crippen LogP contribution in [0.5, 0.6) is 0 Å². The van der Waals surface area contributed by atoms with Crippen LogP contribution in [0, 0.1) is 6.92 Å². The van der Waals surface area contributed by atoms with Gasteiger partial charge in [-0.2, -0.15) is 5.10 Å². The molecule has 1 aromatic heterocycles. The van der Waals surface area contributed by atoms with E-state index in [2.05, 4.69) is 5.10 Å². The van der Waals surface area contributed by atoms with E-state index in [1.807, 2.05) is 53.6 Å². The number of carbonyl (C=O) groups is 2. The van der Waals surface area contributed by atoms with Gasteiger partial charge in [0.1, 0.15) is 5.71 Å². The van der Waals surface area contributed by atoms with E-state index in [1.54, 1.807) is 11.3 Å². The number of rotatable bonds is 6. The minimum Gasteiger partial charge on any atom is -0.376 e. The van der Waals surface area contributed by atoms with Crippen LogP contribution in [0.4, 0.5) is 5.69 Å². The van der Waals surface area contributed by atoms with E-state index in [9.17, 15) is 9.59 Å². The molecule has 7 heteroatoms. The minimum absolute atomic E-state index is 0.0672. The van der Waals surface area contributed by atoms with Crippen LogP contribution in [-0.2, 0) is 20.9 Å². The predicted octanol–water partition coefficient (Wildman–Crippen LogP) is 3.75. The van der Waals surface area contributed by atoms with Crippen molar-refractivity contribution in [3.63, 3.8) is 0 Å². The Morgan fingerprint density at radius 2 is 2.21 bits per heavy atom. The quantitative estimate of drug-likeness (QED) is 0.727. The molecule has 2 aromatic rings. The number of nitrogens with zero attached hydrogens (tertiary/aromatic N) is 3. The lowest BCUT2D eigenvalue weighted by atomic mass is 10.1. The number of thiophene rings is 1. The van der Waals surface area contributed by atoms with Crippen molar-refractivity contribution in [1.29, 1.82) is 0 Å². The molecule has 1 atom stereocenters. The molecule has 1 saturated heterocycles. The second-order valence-corrected chi connectivity index (χ2v) is 8.52. The second-order valence-electron chi connectivity index (χ2n) is 7.49. The zero-order chi connectivity index (χ0) is 20.2. The number of hydrogen-bond donors (Lipinski definition) is 0. The first kappa shape index (κ1) is 19.8. The largest absolute Gasteiger partial charge is 0.376 e. The van der Waals surface area contributed by atoms with Crippen LogP contribution in [0.2, 0.25) is 0 Å². The van der Waals surface area contributed by atoms with Gasteiger partial charge in [-0.3, -0.25) is 9.59 Å². The zero-order valence-corrected chi connectivity index (χ0v) is 17.4. The summed E-state index contributed by atoms with van der Waals surface area (Å²) >= 11 is 1.63. The summed E-state index contributed by atoms with van der Waals surface area (Å²) in [5, 5.41) is 7.86. The Morgan fingerprint density at radius 3 is 2.93 bits per heavy atom. The van der Waals surface area contributed by atoms with E-state index < -0.39 is 0 Å². The number of ether oxygens (including phenoxy) is 1. The predicted molar refractivity (Wildman–Crippen MR) is 114 cm³/mol. The fourth-order valence-corrected chi connectivity index (χ4v) is 4.41. The molecule has 0 N–H and O–H groups in total. The van der Waals surface area contributed by atoms with E-state index in [0.717, 1.165) is 29.9 Å². The normalized spacial score (nSPS) is 19.3. The highest BCUT2D eigenvalue weighted by molar-refractivity contribution is 7.09. The number of aryl methyl sites for hydroxylation is 1. The molecule has 152 valence electrons. The van der Waals surface area contributed by atoms with E-state index in [1.165, 1.54) is 5.01 Å². The first-order valence-electron chi connectivity index (χ1n) is 10.0. The van der Waals surface area contributed by atoms with Gasteiger partial charge in [0.25, 0.3) is 5.91 Å². The monoisotopic (exact) mass is 411 g/mol. The molecule has 0 bridgehead atoms. The lowest BCUT2D eigenvalue weighted by Gasteiger charge is -2.28. The molecule has 2 aliphatic rings. The smallest absolute Gasteiger partial charge is 0.270 e. The minimum atomic E-state index is -0.112. The molecule has 1 unspecified atom stereocenters. The second kappa shape index (κ2) is 8.88. The highest BCUT2D eigenvalue weighted by Gasteiger charge is 2.30. The molecular weight excluding hydrogens is 386 g/mol. The maximum atomic E-state index is 13.4. The zero-order valence-electron chi connectivity index (χ0n) is 16.5. The van der Waals surface area contributed by atoms with Crippen LogP contribution >= 0.6 is 11.3 Å². The summed E-state index contributed by atoms with van der Waals surface area (Å²) in [5.41, 5.74) is 2.17. The summed E-state index contributed by atoms with van der Waals surface area (Å²) in [6.45, 7) is 3.81. The fourth-order valence-electron chi connectivity index (χ4n) is 3.70. The van der Waals surface area contributed by atoms with Crippen molar-refractivity contribution in [2.45, 2.75) is 45.3 Å². The lowest BCUT2D eigenvalue weighted by Crippen LogP contribution is -2.44. The van der Waals surface area contributed by atoms with E-state index in [-0.39, 0.29) is 24.3 Å². The number of benzene rings is 1. The average molecular weight is 412 g/mol. The number of carbonyl (C=O) groups excluding carboxylic acids is 2. The van der Waals surface area contributed by atoms with Crippen molar-refractivity contribution in [2.24, 2.45) is 5.10 Å². The van der Waals surface area contributed by atoms with E-state index >= 15 is 0 Å². The molecule has 3 heterocycles. The van der Waals surface area contributed by atoms with Gasteiger partial charge in [0.05, 0.1) is 18.3 Å². The van der Waals surface area contributed by atoms with Gasteiger partial charge in [-0.1, -0.05) is 18.2 Å². The molecule has 6 nitrogen and oxygen atoms in total. The standard InChI is InChI=1S/C22H25N3O3S/c1-16-5-2-6-17(13-16)25-21(26)10-9-20(23-25)22(27)24(14-18-7-3-11-28-18)15-19-8-4-12-29-19/h2,4-6,8,12-13,18H,3,7,9-11,14-15H2,1H3. The van der Waals surface area contributed by atoms with Crippen LogP contribution in [0.1, 0.15) is 36.1 Å². The summed E-state index contributed by atoms with van der Waals surface area (Å²) in [7, 11) is 0. The van der Waals surface area contributed by atoms with Crippen LogP contribution in [0.25, 0.3) is 0 Å². The molecule has 0 radical (unpaired) electrons. The maximum Gasteiger partial charge on any atom is 0.270 e. The van der Waals surface area contributed by atoms with Crippen LogP contribution in [-0.4, -0.2) is 41.7 Å². The fraction of sp³-hybridized carbons (Fsp3) is 0.409. The Hall–Kier alpha value is -2.51. The number of amides is 2. The first-order chi connectivity index (χ1) is 14.1. The third-order valence-electron chi connectivity index (χ3n) is 5.19. The van der Waals surface area contributed by atoms with Crippen LogP contribution in [0.15, 0.2) is 46.9 Å². The summed E-state index contributed by atoms with van der Waals surface area (Å²) in [6, 6.07) is 11.6. The van der Waals surface area contributed by atoms with Gasteiger partial charge >= 0.3 is 0 Å². The van der Waals surface area contributed by atoms with Crippen LogP contribution < -0.4 is 5.01 Å². The van der Waals surface area contributed by atoms with Crippen LogP contribution in [0.3, 0.4) is 0 Å². The summed E-state index contributed by atoms with van der Waals surface area (Å²) in [5.74, 6) is -0.199. The lowest BCUT2D eigenvalue weighted by molar-refractivity contribution is -0.126. The van der Waals surface area contributed by atoms with Crippen molar-refractivity contribution in [3.8, 4) is 0 Å². The molecule has 0 aliphatic carbocycles. The van der Waals surface area contributed by atoms with E-state index in [4.69, 9.17) is 4.74 Å². The topological polar surface area (TPSA) is 62.2 Å². The molecule has 1 fully saturated rings. The highest BCUT2D eigenvalue weighted by atomic mass is 32.1. The molecule has 0 spiro atoms. The molecule has 2 aliphatic heterocycles. The molecule has 0 saturated carbocycles. The van der Waals surface area contributed by atoms with Gasteiger partial charge in [-0.25, -0.2) is 5.01 Å². The van der Waals surface area contributed by atoms with E-state index in [0.29, 0.717) is 30.9 Å². The Balaban J connectivity index is 1.57. The Morgan fingerprint density at radius 1 is 1.31 bits per heavy atom. The summed E-state index contributed by atoms with van der Waals surface area (Å²) in [6.07, 6.45) is 2.71. The van der Waals surface area contributed by atoms with Crippen molar-refractivity contribution in [3.05, 3.63) is 52.2 Å². The molecule has 2 amide bonds. The summed E-state index contributed by atoms with van der Waals surface area (Å²) < 4.78 is 5.77. The number of hydrazone groups is 1. The molecule has 1 aromatic carbocycles.